The summed E-state index contributed by atoms with van der Waals surface area (Å²) in [5.41, 5.74) is 16.3. The van der Waals surface area contributed by atoms with Crippen LogP contribution in [0.3, 0.4) is 0 Å². The Balaban J connectivity index is 1.03. The van der Waals surface area contributed by atoms with Gasteiger partial charge in [0.05, 0.1) is 0 Å². The predicted octanol–water partition coefficient (Wildman–Crippen LogP) is 14.1. The fourth-order valence-electron chi connectivity index (χ4n) is 8.81. The zero-order valence-corrected chi connectivity index (χ0v) is 32.1. The molecule has 58 heavy (non-hydrogen) atoms. The fourth-order valence-corrected chi connectivity index (χ4v) is 8.81. The van der Waals surface area contributed by atoms with E-state index in [4.69, 9.17) is 19.4 Å². The number of aromatic nitrogens is 3. The summed E-state index contributed by atoms with van der Waals surface area (Å²) < 4.78 is 6.51. The molecule has 2 heterocycles. The van der Waals surface area contributed by atoms with E-state index < -0.39 is 0 Å². The second-order valence-electron chi connectivity index (χ2n) is 15.6. The summed E-state index contributed by atoms with van der Waals surface area (Å²) >= 11 is 0. The van der Waals surface area contributed by atoms with E-state index in [0.29, 0.717) is 17.5 Å². The minimum Gasteiger partial charge on any atom is -0.456 e. The Labute approximate surface area is 337 Å². The van der Waals surface area contributed by atoms with E-state index in [1.165, 1.54) is 44.5 Å². The molecular formula is C54H37N3O. The van der Waals surface area contributed by atoms with Crippen molar-refractivity contribution in [3.8, 4) is 78.7 Å². The van der Waals surface area contributed by atoms with Crippen LogP contribution < -0.4 is 0 Å². The predicted molar refractivity (Wildman–Crippen MR) is 237 cm³/mol. The summed E-state index contributed by atoms with van der Waals surface area (Å²) in [4.78, 5) is 15.7. The molecule has 0 saturated carbocycles. The Morgan fingerprint density at radius 2 is 0.845 bits per heavy atom. The molecule has 0 bridgehead atoms. The number of furan rings is 1. The molecule has 10 aromatic rings. The fraction of sp³-hybridized carbons (Fsp3) is 0.0556. The van der Waals surface area contributed by atoms with Crippen LogP contribution in [0.25, 0.3) is 101 Å². The van der Waals surface area contributed by atoms with Gasteiger partial charge in [0.1, 0.15) is 11.2 Å². The quantitative estimate of drug-likeness (QED) is 0.170. The van der Waals surface area contributed by atoms with Crippen molar-refractivity contribution in [2.45, 2.75) is 19.3 Å². The largest absolute Gasteiger partial charge is 0.456 e. The molecule has 0 radical (unpaired) electrons. The van der Waals surface area contributed by atoms with Gasteiger partial charge < -0.3 is 4.42 Å². The first-order valence-corrected chi connectivity index (χ1v) is 19.8. The molecule has 0 amide bonds. The van der Waals surface area contributed by atoms with Crippen molar-refractivity contribution >= 4 is 21.9 Å². The molecule has 1 aliphatic rings. The van der Waals surface area contributed by atoms with Crippen molar-refractivity contribution in [2.75, 3.05) is 0 Å². The normalized spacial score (nSPS) is 12.8. The Kier molecular flexibility index (Phi) is 7.80. The number of fused-ring (bicyclic) bond motifs is 6. The number of rotatable bonds is 6. The Morgan fingerprint density at radius 1 is 0.362 bits per heavy atom. The standard InChI is InChI=1S/C54H37N3O/c1-54(2)45-20-10-9-17-41(45)49-42(18-11-21-46(49)54)52-55-51(39-15-7-4-8-16-39)56-53(57-52)43-19-12-22-48-50(43)44-33-40(31-32-47(44)58-48)38-29-27-37(28-30-38)36-25-23-35(24-26-36)34-13-5-3-6-14-34/h3-33H,1-2H3. The Bertz CT molecular complexity index is 3160. The van der Waals surface area contributed by atoms with Crippen molar-refractivity contribution < 1.29 is 4.42 Å². The molecule has 4 nitrogen and oxygen atoms in total. The number of hydrogen-bond acceptors (Lipinski definition) is 4. The second-order valence-corrected chi connectivity index (χ2v) is 15.6. The Hall–Kier alpha value is -7.43. The summed E-state index contributed by atoms with van der Waals surface area (Å²) in [6.07, 6.45) is 0. The second kappa shape index (κ2) is 13.4. The molecule has 0 saturated heterocycles. The topological polar surface area (TPSA) is 51.8 Å². The summed E-state index contributed by atoms with van der Waals surface area (Å²) in [5.74, 6) is 1.88. The zero-order valence-electron chi connectivity index (χ0n) is 32.1. The zero-order chi connectivity index (χ0) is 38.8. The Morgan fingerprint density at radius 3 is 1.53 bits per heavy atom. The third kappa shape index (κ3) is 5.56. The van der Waals surface area contributed by atoms with E-state index in [1.807, 2.05) is 36.4 Å². The van der Waals surface area contributed by atoms with Gasteiger partial charge in [0, 0.05) is 32.9 Å². The lowest BCUT2D eigenvalue weighted by molar-refractivity contribution is 0.660. The first-order valence-electron chi connectivity index (χ1n) is 19.8. The van der Waals surface area contributed by atoms with Crippen LogP contribution in [0.2, 0.25) is 0 Å². The summed E-state index contributed by atoms with van der Waals surface area (Å²) in [6, 6.07) is 66.1. The monoisotopic (exact) mass is 743 g/mol. The van der Waals surface area contributed by atoms with Gasteiger partial charge in [-0.3, -0.25) is 0 Å². The van der Waals surface area contributed by atoms with Gasteiger partial charge in [0.2, 0.25) is 0 Å². The number of nitrogens with zero attached hydrogens (tertiary/aromatic N) is 3. The van der Waals surface area contributed by atoms with Crippen molar-refractivity contribution in [3.05, 3.63) is 199 Å². The molecule has 274 valence electrons. The van der Waals surface area contributed by atoms with Gasteiger partial charge >= 0.3 is 0 Å². The van der Waals surface area contributed by atoms with E-state index >= 15 is 0 Å². The minimum absolute atomic E-state index is 0.145. The van der Waals surface area contributed by atoms with Crippen LogP contribution >= 0.6 is 0 Å². The van der Waals surface area contributed by atoms with Crippen LogP contribution in [0.5, 0.6) is 0 Å². The van der Waals surface area contributed by atoms with E-state index in [-0.39, 0.29) is 5.41 Å². The summed E-state index contributed by atoms with van der Waals surface area (Å²) in [6.45, 7) is 4.60. The highest BCUT2D eigenvalue weighted by Crippen LogP contribution is 2.52. The van der Waals surface area contributed by atoms with Gasteiger partial charge in [-0.05, 0) is 73.8 Å². The van der Waals surface area contributed by atoms with Crippen molar-refractivity contribution in [3.63, 3.8) is 0 Å². The third-order valence-corrected chi connectivity index (χ3v) is 11.8. The maximum Gasteiger partial charge on any atom is 0.164 e. The highest BCUT2D eigenvalue weighted by molar-refractivity contribution is 6.13. The summed E-state index contributed by atoms with van der Waals surface area (Å²) in [5, 5.41) is 2.00. The lowest BCUT2D eigenvalue weighted by atomic mass is 9.82. The molecule has 8 aromatic carbocycles. The van der Waals surface area contributed by atoms with E-state index in [2.05, 4.69) is 166 Å². The molecule has 0 N–H and O–H groups in total. The van der Waals surface area contributed by atoms with E-state index in [0.717, 1.165) is 49.8 Å². The van der Waals surface area contributed by atoms with Gasteiger partial charge in [-0.25, -0.2) is 15.0 Å². The highest BCUT2D eigenvalue weighted by atomic mass is 16.3. The van der Waals surface area contributed by atoms with Crippen LogP contribution in [0.4, 0.5) is 0 Å². The van der Waals surface area contributed by atoms with Gasteiger partial charge in [-0.2, -0.15) is 0 Å². The SMILES string of the molecule is CC1(C)c2ccccc2-c2c(-c3nc(-c4ccccc4)nc(-c4cccc5oc6ccc(-c7ccc(-c8ccc(-c9ccccc9)cc8)cc7)cc6c45)n3)cccc21. The number of benzene rings is 8. The van der Waals surface area contributed by atoms with Gasteiger partial charge in [0.25, 0.3) is 0 Å². The lowest BCUT2D eigenvalue weighted by Gasteiger charge is -2.21. The smallest absolute Gasteiger partial charge is 0.164 e. The van der Waals surface area contributed by atoms with Crippen LogP contribution in [0, 0.1) is 0 Å². The number of hydrogen-bond donors (Lipinski definition) is 0. The van der Waals surface area contributed by atoms with Crippen LogP contribution in [0.15, 0.2) is 192 Å². The van der Waals surface area contributed by atoms with Crippen LogP contribution in [-0.4, -0.2) is 15.0 Å². The van der Waals surface area contributed by atoms with E-state index in [9.17, 15) is 0 Å². The maximum atomic E-state index is 6.51. The van der Waals surface area contributed by atoms with Gasteiger partial charge in [-0.15, -0.1) is 0 Å². The molecule has 4 heteroatoms. The summed E-state index contributed by atoms with van der Waals surface area (Å²) in [7, 11) is 0. The first kappa shape index (κ1) is 33.9. The van der Waals surface area contributed by atoms with Crippen molar-refractivity contribution in [1.29, 1.82) is 0 Å². The highest BCUT2D eigenvalue weighted by Gasteiger charge is 2.37. The van der Waals surface area contributed by atoms with Crippen LogP contribution in [0.1, 0.15) is 25.0 Å². The third-order valence-electron chi connectivity index (χ3n) is 11.8. The molecular weight excluding hydrogens is 707 g/mol. The minimum atomic E-state index is -0.145. The molecule has 1 aliphatic carbocycles. The molecule has 0 spiro atoms. The molecule has 11 rings (SSSR count). The van der Waals surface area contributed by atoms with Crippen molar-refractivity contribution in [1.82, 2.24) is 15.0 Å². The van der Waals surface area contributed by atoms with Gasteiger partial charge in [0.15, 0.2) is 17.5 Å². The molecule has 2 aromatic heterocycles. The lowest BCUT2D eigenvalue weighted by Crippen LogP contribution is -2.14. The van der Waals surface area contributed by atoms with Gasteiger partial charge in [-0.1, -0.05) is 184 Å². The molecule has 0 aliphatic heterocycles. The molecule has 0 fully saturated rings. The molecule has 0 atom stereocenters. The van der Waals surface area contributed by atoms with Crippen molar-refractivity contribution in [2.24, 2.45) is 0 Å². The first-order chi connectivity index (χ1) is 28.5. The average molecular weight is 744 g/mol. The van der Waals surface area contributed by atoms with Crippen LogP contribution in [-0.2, 0) is 5.41 Å². The average Bonchev–Trinajstić information content (AvgIpc) is 3.78. The van der Waals surface area contributed by atoms with E-state index in [1.54, 1.807) is 0 Å². The maximum absolute atomic E-state index is 6.51. The molecule has 0 unspecified atom stereocenters.